The molecule has 1 aromatic carbocycles. The molecule has 0 unspecified atom stereocenters. The Hall–Kier alpha value is -1.21. The summed E-state index contributed by atoms with van der Waals surface area (Å²) in [7, 11) is 1.68. The number of methoxy groups -OCH3 is 1. The maximum atomic E-state index is 5.26. The molecule has 0 bridgehead atoms. The van der Waals surface area contributed by atoms with Gasteiger partial charge in [0.05, 0.1) is 15.9 Å². The molecule has 0 saturated carbocycles. The van der Waals surface area contributed by atoms with Gasteiger partial charge >= 0.3 is 0 Å². The van der Waals surface area contributed by atoms with Crippen molar-refractivity contribution in [2.45, 2.75) is 26.9 Å². The fourth-order valence-corrected chi connectivity index (χ4v) is 2.59. The van der Waals surface area contributed by atoms with Crippen molar-refractivity contribution in [1.82, 2.24) is 9.97 Å². The van der Waals surface area contributed by atoms with E-state index in [4.69, 9.17) is 4.74 Å². The highest BCUT2D eigenvalue weighted by molar-refractivity contribution is 14.1. The summed E-state index contributed by atoms with van der Waals surface area (Å²) in [4.78, 5) is 9.34. The first-order valence-corrected chi connectivity index (χ1v) is 8.09. The van der Waals surface area contributed by atoms with Crippen molar-refractivity contribution in [3.05, 3.63) is 39.1 Å². The number of halogens is 1. The van der Waals surface area contributed by atoms with Crippen molar-refractivity contribution in [3.63, 3.8) is 0 Å². The van der Waals surface area contributed by atoms with Crippen molar-refractivity contribution >= 4 is 28.4 Å². The van der Waals surface area contributed by atoms with Crippen molar-refractivity contribution in [2.24, 2.45) is 0 Å². The molecule has 0 spiro atoms. The van der Waals surface area contributed by atoms with Gasteiger partial charge in [-0.3, -0.25) is 0 Å². The summed E-state index contributed by atoms with van der Waals surface area (Å²) in [6.07, 6.45) is 1.06. The number of anilines is 1. The fraction of sp³-hybridized carbons (Fsp3) is 0.375. The molecule has 0 aliphatic heterocycles. The zero-order valence-electron chi connectivity index (χ0n) is 12.6. The van der Waals surface area contributed by atoms with E-state index in [1.54, 1.807) is 7.11 Å². The smallest absolute Gasteiger partial charge is 0.161 e. The van der Waals surface area contributed by atoms with Crippen LogP contribution in [-0.4, -0.2) is 23.6 Å². The number of aryl methyl sites for hydroxylation is 1. The minimum Gasteiger partial charge on any atom is -0.378 e. The van der Waals surface area contributed by atoms with Gasteiger partial charge in [-0.05, 0) is 42.0 Å². The van der Waals surface area contributed by atoms with Crippen LogP contribution in [0.25, 0.3) is 11.4 Å². The zero-order chi connectivity index (χ0) is 15.2. The maximum absolute atomic E-state index is 5.26. The lowest BCUT2D eigenvalue weighted by Crippen LogP contribution is -2.09. The van der Waals surface area contributed by atoms with Gasteiger partial charge in [0.25, 0.3) is 0 Å². The molecule has 2 rings (SSSR count). The van der Waals surface area contributed by atoms with Gasteiger partial charge in [-0.2, -0.15) is 0 Å². The third kappa shape index (κ3) is 4.14. The molecule has 1 heterocycles. The Bertz CT molecular complexity index is 616. The van der Waals surface area contributed by atoms with Crippen LogP contribution < -0.4 is 5.32 Å². The molecule has 0 aliphatic carbocycles. The molecule has 0 aliphatic rings. The SMILES string of the molecule is CCCNc1nc(-c2cccc(C)c2)nc(COC)c1I. The highest BCUT2D eigenvalue weighted by Crippen LogP contribution is 2.25. The third-order valence-corrected chi connectivity index (χ3v) is 4.15. The molecule has 5 heteroatoms. The summed E-state index contributed by atoms with van der Waals surface area (Å²) in [5.74, 6) is 1.63. The molecule has 21 heavy (non-hydrogen) atoms. The number of nitrogens with one attached hydrogen (secondary N) is 1. The van der Waals surface area contributed by atoms with Crippen LogP contribution in [0.15, 0.2) is 24.3 Å². The van der Waals surface area contributed by atoms with E-state index in [0.717, 1.165) is 39.4 Å². The van der Waals surface area contributed by atoms with Crippen LogP contribution in [0.1, 0.15) is 24.6 Å². The number of ether oxygens (including phenoxy) is 1. The largest absolute Gasteiger partial charge is 0.378 e. The number of hydrogen-bond acceptors (Lipinski definition) is 4. The van der Waals surface area contributed by atoms with Crippen LogP contribution in [0.2, 0.25) is 0 Å². The van der Waals surface area contributed by atoms with E-state index >= 15 is 0 Å². The molecular weight excluding hydrogens is 377 g/mol. The Morgan fingerprint density at radius 3 is 2.76 bits per heavy atom. The quantitative estimate of drug-likeness (QED) is 0.748. The topological polar surface area (TPSA) is 47.0 Å². The van der Waals surface area contributed by atoms with Crippen LogP contribution in [0, 0.1) is 10.5 Å². The Morgan fingerprint density at radius 2 is 2.10 bits per heavy atom. The lowest BCUT2D eigenvalue weighted by molar-refractivity contribution is 0.181. The Labute approximate surface area is 139 Å². The second-order valence-electron chi connectivity index (χ2n) is 4.89. The zero-order valence-corrected chi connectivity index (χ0v) is 14.8. The molecule has 1 N–H and O–H groups in total. The monoisotopic (exact) mass is 397 g/mol. The molecule has 1 aromatic heterocycles. The Morgan fingerprint density at radius 1 is 1.29 bits per heavy atom. The van der Waals surface area contributed by atoms with E-state index in [9.17, 15) is 0 Å². The van der Waals surface area contributed by atoms with Gasteiger partial charge in [0.2, 0.25) is 0 Å². The van der Waals surface area contributed by atoms with E-state index in [0.29, 0.717) is 6.61 Å². The summed E-state index contributed by atoms with van der Waals surface area (Å²) in [5.41, 5.74) is 3.15. The standard InChI is InChI=1S/C16H20IN3O/c1-4-8-18-16-14(17)13(10-21-3)19-15(20-16)12-7-5-6-11(2)9-12/h5-7,9H,4,8,10H2,1-3H3,(H,18,19,20). The maximum Gasteiger partial charge on any atom is 0.161 e. The van der Waals surface area contributed by atoms with Crippen LogP contribution >= 0.6 is 22.6 Å². The highest BCUT2D eigenvalue weighted by atomic mass is 127. The summed E-state index contributed by atoms with van der Waals surface area (Å²) in [6.45, 7) is 5.59. The predicted molar refractivity (Wildman–Crippen MR) is 94.4 cm³/mol. The first-order valence-electron chi connectivity index (χ1n) is 7.02. The minimum absolute atomic E-state index is 0.487. The van der Waals surface area contributed by atoms with Crippen molar-refractivity contribution in [3.8, 4) is 11.4 Å². The molecule has 0 atom stereocenters. The number of hydrogen-bond donors (Lipinski definition) is 1. The van der Waals surface area contributed by atoms with Gasteiger partial charge in [0.15, 0.2) is 5.82 Å². The van der Waals surface area contributed by atoms with E-state index < -0.39 is 0 Å². The van der Waals surface area contributed by atoms with Gasteiger partial charge in [0.1, 0.15) is 5.82 Å². The molecule has 0 amide bonds. The Kier molecular flexibility index (Phi) is 5.93. The molecule has 0 saturated heterocycles. The average Bonchev–Trinajstić information content (AvgIpc) is 2.48. The van der Waals surface area contributed by atoms with Crippen molar-refractivity contribution in [2.75, 3.05) is 19.0 Å². The average molecular weight is 397 g/mol. The van der Waals surface area contributed by atoms with Crippen LogP contribution in [0.5, 0.6) is 0 Å². The number of aromatic nitrogens is 2. The summed E-state index contributed by atoms with van der Waals surface area (Å²) < 4.78 is 6.29. The first kappa shape index (κ1) is 16.2. The molecule has 2 aromatic rings. The fourth-order valence-electron chi connectivity index (χ4n) is 2.00. The van der Waals surface area contributed by atoms with E-state index in [2.05, 4.69) is 63.9 Å². The summed E-state index contributed by atoms with van der Waals surface area (Å²) in [6, 6.07) is 8.24. The summed E-state index contributed by atoms with van der Waals surface area (Å²) >= 11 is 2.28. The van der Waals surface area contributed by atoms with E-state index in [1.165, 1.54) is 5.56 Å². The number of nitrogens with zero attached hydrogens (tertiary/aromatic N) is 2. The minimum atomic E-state index is 0.487. The summed E-state index contributed by atoms with van der Waals surface area (Å²) in [5, 5.41) is 3.37. The van der Waals surface area contributed by atoms with Gasteiger partial charge in [-0.1, -0.05) is 30.7 Å². The van der Waals surface area contributed by atoms with Crippen LogP contribution in [0.3, 0.4) is 0 Å². The molecular formula is C16H20IN3O. The van der Waals surface area contributed by atoms with Gasteiger partial charge in [-0.25, -0.2) is 9.97 Å². The van der Waals surface area contributed by atoms with Crippen LogP contribution in [0.4, 0.5) is 5.82 Å². The molecule has 112 valence electrons. The first-order chi connectivity index (χ1) is 10.2. The predicted octanol–water partition coefficient (Wildman–Crippen LogP) is 4.02. The second kappa shape index (κ2) is 7.70. The molecule has 0 fully saturated rings. The van der Waals surface area contributed by atoms with Gasteiger partial charge < -0.3 is 10.1 Å². The van der Waals surface area contributed by atoms with Crippen molar-refractivity contribution < 1.29 is 4.74 Å². The van der Waals surface area contributed by atoms with E-state index in [-0.39, 0.29) is 0 Å². The molecule has 0 radical (unpaired) electrons. The third-order valence-electron chi connectivity index (χ3n) is 3.02. The van der Waals surface area contributed by atoms with Gasteiger partial charge in [0, 0.05) is 19.2 Å². The Balaban J connectivity index is 2.47. The number of benzene rings is 1. The lowest BCUT2D eigenvalue weighted by Gasteiger charge is -2.12. The van der Waals surface area contributed by atoms with E-state index in [1.807, 2.05) is 12.1 Å². The number of rotatable bonds is 6. The highest BCUT2D eigenvalue weighted by Gasteiger charge is 2.13. The normalized spacial score (nSPS) is 10.7. The lowest BCUT2D eigenvalue weighted by atomic mass is 10.1. The second-order valence-corrected chi connectivity index (χ2v) is 5.96. The van der Waals surface area contributed by atoms with Gasteiger partial charge in [-0.15, -0.1) is 0 Å². The molecule has 4 nitrogen and oxygen atoms in total. The van der Waals surface area contributed by atoms with Crippen molar-refractivity contribution in [1.29, 1.82) is 0 Å². The van der Waals surface area contributed by atoms with Crippen LogP contribution in [-0.2, 0) is 11.3 Å².